The van der Waals surface area contributed by atoms with Crippen LogP contribution >= 0.6 is 0 Å². The van der Waals surface area contributed by atoms with Crippen LogP contribution in [0.25, 0.3) is 12.2 Å². The molecule has 284 valence electrons. The van der Waals surface area contributed by atoms with Crippen LogP contribution in [0.1, 0.15) is 45.4 Å². The van der Waals surface area contributed by atoms with E-state index in [4.69, 9.17) is 0 Å². The van der Waals surface area contributed by atoms with Gasteiger partial charge in [0.15, 0.2) is 0 Å². The second-order valence-electron chi connectivity index (χ2n) is 15.5. The molecule has 7 aromatic rings. The van der Waals surface area contributed by atoms with Crippen LogP contribution in [0, 0.1) is 27.7 Å². The molecule has 0 radical (unpaired) electrons. The molecule has 0 bridgehead atoms. The summed E-state index contributed by atoms with van der Waals surface area (Å²) in [6.07, 6.45) is 17.0. The molecule has 1 unspecified atom stereocenters. The van der Waals surface area contributed by atoms with Crippen molar-refractivity contribution in [2.24, 2.45) is 0 Å². The molecule has 2 nitrogen and oxygen atoms in total. The minimum atomic E-state index is -0.246. The van der Waals surface area contributed by atoms with Gasteiger partial charge in [0, 0.05) is 39.5 Å². The fourth-order valence-corrected chi connectivity index (χ4v) is 7.55. The van der Waals surface area contributed by atoms with Gasteiger partial charge in [0.05, 0.1) is 0 Å². The van der Waals surface area contributed by atoms with Gasteiger partial charge >= 0.3 is 0 Å². The lowest BCUT2D eigenvalue weighted by Crippen LogP contribution is -2.21. The highest BCUT2D eigenvalue weighted by molar-refractivity contribution is 5.79. The zero-order chi connectivity index (χ0) is 39.9. The average molecular weight is 751 g/mol. The van der Waals surface area contributed by atoms with Gasteiger partial charge in [0.25, 0.3) is 0 Å². The van der Waals surface area contributed by atoms with Crippen molar-refractivity contribution in [3.63, 3.8) is 0 Å². The molecule has 7 aromatic carbocycles. The second-order valence-corrected chi connectivity index (χ2v) is 15.5. The minimum Gasteiger partial charge on any atom is -0.311 e. The van der Waals surface area contributed by atoms with Gasteiger partial charge in [-0.05, 0) is 129 Å². The van der Waals surface area contributed by atoms with Crippen molar-refractivity contribution in [2.75, 3.05) is 9.80 Å². The van der Waals surface area contributed by atoms with Crippen LogP contribution in [0.5, 0.6) is 0 Å². The standard InChI is InChI=1S/C56H50N2/c1-42-10-24-50(25-11-42)57(51-26-12-43(2)13-27-51)54-32-20-46(21-33-54)18-19-48-37-40-56(41-38-48,49-8-6-5-7-9-49)39-36-47-22-34-55(35-23-47)58(52-28-14-44(3)15-29-52)53-30-16-45(4)17-31-53/h5-40H,41H2,1-4H3/b19-18+,39-36+. The normalized spacial score (nSPS) is 15.1. The Kier molecular flexibility index (Phi) is 11.2. The zero-order valence-corrected chi connectivity index (χ0v) is 33.9. The van der Waals surface area contributed by atoms with Crippen LogP contribution in [-0.4, -0.2) is 0 Å². The summed E-state index contributed by atoms with van der Waals surface area (Å²) in [5.41, 5.74) is 16.4. The molecular weight excluding hydrogens is 701 g/mol. The number of anilines is 6. The Morgan fingerprint density at radius 3 is 1.12 bits per heavy atom. The Morgan fingerprint density at radius 2 is 0.759 bits per heavy atom. The Balaban J connectivity index is 1.00. The van der Waals surface area contributed by atoms with Crippen LogP contribution in [0.2, 0.25) is 0 Å². The van der Waals surface area contributed by atoms with Crippen LogP contribution in [0.15, 0.2) is 212 Å². The van der Waals surface area contributed by atoms with Crippen LogP contribution < -0.4 is 9.80 Å². The molecule has 0 aliphatic heterocycles. The summed E-state index contributed by atoms with van der Waals surface area (Å²) in [7, 11) is 0. The summed E-state index contributed by atoms with van der Waals surface area (Å²) in [6, 6.07) is 63.5. The molecule has 0 aromatic heterocycles. The molecule has 0 fully saturated rings. The van der Waals surface area contributed by atoms with Crippen LogP contribution in [-0.2, 0) is 5.41 Å². The molecule has 0 heterocycles. The molecule has 1 aliphatic carbocycles. The third-order valence-corrected chi connectivity index (χ3v) is 11.1. The van der Waals surface area contributed by atoms with E-state index in [1.165, 1.54) is 39.0 Å². The molecule has 1 aliphatic rings. The predicted molar refractivity (Wildman–Crippen MR) is 249 cm³/mol. The number of hydrogen-bond acceptors (Lipinski definition) is 2. The van der Waals surface area contributed by atoms with E-state index in [0.29, 0.717) is 0 Å². The monoisotopic (exact) mass is 750 g/mol. The molecule has 8 rings (SSSR count). The highest BCUT2D eigenvalue weighted by Crippen LogP contribution is 2.39. The summed E-state index contributed by atoms with van der Waals surface area (Å²) in [4.78, 5) is 4.64. The van der Waals surface area contributed by atoms with Gasteiger partial charge in [0.2, 0.25) is 0 Å². The van der Waals surface area contributed by atoms with Gasteiger partial charge < -0.3 is 9.80 Å². The van der Waals surface area contributed by atoms with E-state index in [9.17, 15) is 0 Å². The molecule has 1 atom stereocenters. The Morgan fingerprint density at radius 1 is 0.397 bits per heavy atom. The summed E-state index contributed by atoms with van der Waals surface area (Å²) < 4.78 is 0. The first-order valence-electron chi connectivity index (χ1n) is 20.2. The number of allylic oxidation sites excluding steroid dienone is 6. The molecule has 58 heavy (non-hydrogen) atoms. The molecule has 0 saturated heterocycles. The summed E-state index contributed by atoms with van der Waals surface area (Å²) in [5.74, 6) is 0. The lowest BCUT2D eigenvalue weighted by Gasteiger charge is -2.30. The van der Waals surface area contributed by atoms with E-state index in [0.717, 1.165) is 46.1 Å². The lowest BCUT2D eigenvalue weighted by molar-refractivity contribution is 0.675. The minimum absolute atomic E-state index is 0.246. The maximum absolute atomic E-state index is 2.37. The van der Waals surface area contributed by atoms with E-state index in [-0.39, 0.29) is 5.41 Å². The number of nitrogens with zero attached hydrogens (tertiary/aromatic N) is 2. The maximum atomic E-state index is 2.37. The highest BCUT2D eigenvalue weighted by atomic mass is 15.1. The second kappa shape index (κ2) is 17.1. The largest absolute Gasteiger partial charge is 0.311 e. The average Bonchev–Trinajstić information content (AvgIpc) is 3.26. The van der Waals surface area contributed by atoms with Gasteiger partial charge in [-0.15, -0.1) is 0 Å². The molecule has 0 amide bonds. The van der Waals surface area contributed by atoms with Crippen molar-refractivity contribution in [3.8, 4) is 0 Å². The highest BCUT2D eigenvalue weighted by Gasteiger charge is 2.27. The van der Waals surface area contributed by atoms with Crippen molar-refractivity contribution in [1.29, 1.82) is 0 Å². The van der Waals surface area contributed by atoms with Gasteiger partial charge in [-0.2, -0.15) is 0 Å². The van der Waals surface area contributed by atoms with Gasteiger partial charge in [0.1, 0.15) is 0 Å². The third kappa shape index (κ3) is 8.73. The predicted octanol–water partition coefficient (Wildman–Crippen LogP) is 15.4. The molecule has 0 N–H and O–H groups in total. The number of hydrogen-bond donors (Lipinski definition) is 0. The van der Waals surface area contributed by atoms with E-state index in [2.05, 4.69) is 256 Å². The SMILES string of the molecule is Cc1ccc(N(c2ccc(C)cc2)c2ccc(/C=C/C3=CCC(/C=C/c4ccc(N(c5ccc(C)cc5)c5ccc(C)cc5)cc4)(c4ccccc4)C=C3)cc2)cc1. The summed E-state index contributed by atoms with van der Waals surface area (Å²) in [6.45, 7) is 8.52. The zero-order valence-electron chi connectivity index (χ0n) is 33.9. The van der Waals surface area contributed by atoms with Crippen molar-refractivity contribution in [3.05, 3.63) is 251 Å². The van der Waals surface area contributed by atoms with Gasteiger partial charge in [-0.3, -0.25) is 0 Å². The topological polar surface area (TPSA) is 6.48 Å². The number of benzene rings is 7. The van der Waals surface area contributed by atoms with Gasteiger partial charge in [-0.1, -0.05) is 168 Å². The fraction of sp³-hybridized carbons (Fsp3) is 0.107. The Bertz CT molecular complexity index is 2470. The van der Waals surface area contributed by atoms with E-state index in [1.54, 1.807) is 0 Å². The lowest BCUT2D eigenvalue weighted by atomic mass is 9.74. The van der Waals surface area contributed by atoms with Crippen molar-refractivity contribution in [1.82, 2.24) is 0 Å². The van der Waals surface area contributed by atoms with Gasteiger partial charge in [-0.25, -0.2) is 0 Å². The van der Waals surface area contributed by atoms with Crippen LogP contribution in [0.4, 0.5) is 34.1 Å². The first-order valence-corrected chi connectivity index (χ1v) is 20.2. The summed E-state index contributed by atoms with van der Waals surface area (Å²) in [5, 5.41) is 0. The first-order chi connectivity index (χ1) is 28.3. The van der Waals surface area contributed by atoms with Crippen molar-refractivity contribution >= 4 is 46.3 Å². The molecule has 2 heteroatoms. The maximum Gasteiger partial charge on any atom is 0.0462 e. The smallest absolute Gasteiger partial charge is 0.0462 e. The number of rotatable bonds is 11. The van der Waals surface area contributed by atoms with E-state index >= 15 is 0 Å². The quantitative estimate of drug-likeness (QED) is 0.130. The van der Waals surface area contributed by atoms with Crippen molar-refractivity contribution < 1.29 is 0 Å². The van der Waals surface area contributed by atoms with Crippen molar-refractivity contribution in [2.45, 2.75) is 39.5 Å². The molecular formula is C56H50N2. The molecule has 0 spiro atoms. The fourth-order valence-electron chi connectivity index (χ4n) is 7.55. The number of aryl methyl sites for hydroxylation is 4. The third-order valence-electron chi connectivity index (χ3n) is 11.1. The Labute approximate surface area is 345 Å². The van der Waals surface area contributed by atoms with E-state index in [1.807, 2.05) is 0 Å². The Hall–Kier alpha value is -6.90. The summed E-state index contributed by atoms with van der Waals surface area (Å²) >= 11 is 0. The first kappa shape index (κ1) is 38.0. The van der Waals surface area contributed by atoms with E-state index < -0.39 is 0 Å². The molecule has 0 saturated carbocycles. The van der Waals surface area contributed by atoms with Crippen LogP contribution in [0.3, 0.4) is 0 Å².